The Balaban J connectivity index is 1.27. The van der Waals surface area contributed by atoms with Crippen LogP contribution in [0.3, 0.4) is 0 Å². The average Bonchev–Trinajstić information content (AvgIpc) is 3.89. The van der Waals surface area contributed by atoms with Crippen molar-refractivity contribution < 1.29 is 36.7 Å². The van der Waals surface area contributed by atoms with Gasteiger partial charge in [0.25, 0.3) is 11.8 Å². The van der Waals surface area contributed by atoms with E-state index in [1.165, 1.54) is 0 Å². The molecule has 3 heterocycles. The molecule has 3 atom stereocenters. The zero-order chi connectivity index (χ0) is 40.2. The van der Waals surface area contributed by atoms with Crippen molar-refractivity contribution in [2.75, 3.05) is 20.2 Å². The van der Waals surface area contributed by atoms with Crippen molar-refractivity contribution in [2.24, 2.45) is 28.5 Å². The number of methoxy groups -OCH3 is 1. The van der Waals surface area contributed by atoms with Gasteiger partial charge >= 0.3 is 6.09 Å². The van der Waals surface area contributed by atoms with Crippen LogP contribution in [0.25, 0.3) is 33.6 Å². The maximum absolute atomic E-state index is 14.5. The Morgan fingerprint density at radius 2 is 1.51 bits per heavy atom. The van der Waals surface area contributed by atoms with Crippen molar-refractivity contribution in [3.8, 4) is 33.6 Å². The first-order valence-corrected chi connectivity index (χ1v) is 17.9. The van der Waals surface area contributed by atoms with Crippen LogP contribution in [-0.4, -0.2) is 91.9 Å². The number of aliphatic imine (C=N–C) groups is 1. The summed E-state index contributed by atoms with van der Waals surface area (Å²) in [4.78, 5) is 58.6. The van der Waals surface area contributed by atoms with Crippen molar-refractivity contribution in [3.05, 3.63) is 72.6 Å². The quantitative estimate of drug-likeness (QED) is 0.0964. The predicted molar refractivity (Wildman–Crippen MR) is 199 cm³/mol. The van der Waals surface area contributed by atoms with Gasteiger partial charge in [-0.25, -0.2) is 32.3 Å². The minimum absolute atomic E-state index is 0.208. The minimum Gasteiger partial charge on any atom is -0.451 e. The third kappa shape index (κ3) is 10.0. The second-order valence-electron chi connectivity index (χ2n) is 14.7. The molecule has 1 saturated heterocycles. The van der Waals surface area contributed by atoms with E-state index < -0.39 is 67.3 Å². The van der Waals surface area contributed by atoms with Crippen LogP contribution in [-0.2, 0) is 20.9 Å². The molecule has 4 aromatic rings. The molecule has 1 aliphatic rings. The second-order valence-corrected chi connectivity index (χ2v) is 14.7. The highest BCUT2D eigenvalue weighted by molar-refractivity contribution is 5.96. The Hall–Kier alpha value is -5.38. The molecule has 55 heavy (non-hydrogen) atoms. The number of nitrogens with two attached hydrogens (primary N) is 1. The molecule has 0 bridgehead atoms. The van der Waals surface area contributed by atoms with Gasteiger partial charge < -0.3 is 30.2 Å². The van der Waals surface area contributed by atoms with Gasteiger partial charge in [0, 0.05) is 19.6 Å². The largest absolute Gasteiger partial charge is 0.451 e. The Morgan fingerprint density at radius 3 is 2.04 bits per heavy atom. The van der Waals surface area contributed by atoms with E-state index in [4.69, 9.17) is 5.73 Å². The van der Waals surface area contributed by atoms with E-state index in [0.29, 0.717) is 17.2 Å². The monoisotopic (exact) mass is 766 g/mol. The molecule has 16 heteroatoms. The SMILES string of the molecule is COC(=O)/N=C/C(C(=O)N(Cc1ncc(-c2ccc(-c3ccc(-c4cnc([C@@H]5CC(F)(F)CN5C(=O)[C@@H](N)C(C)C)[nH]4)cc3)cc2)[nH]1)CC(C)(F)F)C(C)C. The number of carbonyl (C=O) groups excluding carboxylic acids is 3. The van der Waals surface area contributed by atoms with E-state index in [0.717, 1.165) is 52.3 Å². The number of hydrogen-bond donors (Lipinski definition) is 3. The van der Waals surface area contributed by atoms with Crippen molar-refractivity contribution in [3.63, 3.8) is 0 Å². The summed E-state index contributed by atoms with van der Waals surface area (Å²) in [7, 11) is 1.15. The van der Waals surface area contributed by atoms with Gasteiger partial charge in [0.05, 0.1) is 68.5 Å². The number of rotatable bonds is 13. The number of ether oxygens (including phenoxy) is 1. The van der Waals surface area contributed by atoms with E-state index in [1.807, 2.05) is 48.5 Å². The number of aromatic amines is 2. The Labute approximate surface area is 316 Å². The number of imidazole rings is 2. The second kappa shape index (κ2) is 16.6. The molecule has 0 saturated carbocycles. The van der Waals surface area contributed by atoms with Crippen LogP contribution in [0.15, 0.2) is 65.9 Å². The van der Waals surface area contributed by atoms with Gasteiger partial charge in [0.1, 0.15) is 11.6 Å². The van der Waals surface area contributed by atoms with E-state index in [9.17, 15) is 31.9 Å². The molecule has 4 N–H and O–H groups in total. The predicted octanol–water partition coefficient (Wildman–Crippen LogP) is 7.12. The number of H-pyrrole nitrogens is 2. The molecule has 1 unspecified atom stereocenters. The molecule has 2 aromatic carbocycles. The highest BCUT2D eigenvalue weighted by Gasteiger charge is 2.49. The van der Waals surface area contributed by atoms with Crippen LogP contribution >= 0.6 is 0 Å². The molecule has 0 aliphatic carbocycles. The van der Waals surface area contributed by atoms with Crippen molar-refractivity contribution in [2.45, 2.75) is 71.5 Å². The summed E-state index contributed by atoms with van der Waals surface area (Å²) in [5, 5.41) is 0. The van der Waals surface area contributed by atoms with Crippen molar-refractivity contribution in [1.29, 1.82) is 0 Å². The maximum Gasteiger partial charge on any atom is 0.432 e. The highest BCUT2D eigenvalue weighted by Crippen LogP contribution is 2.41. The molecular formula is C39H46F4N8O4. The number of carbonyl (C=O) groups is 3. The summed E-state index contributed by atoms with van der Waals surface area (Å²) in [6.07, 6.45) is 2.80. The number of hydrogen-bond acceptors (Lipinski definition) is 7. The van der Waals surface area contributed by atoms with Crippen molar-refractivity contribution >= 4 is 24.1 Å². The summed E-state index contributed by atoms with van der Waals surface area (Å²) in [6.45, 7) is 5.91. The molecule has 5 rings (SSSR count). The summed E-state index contributed by atoms with van der Waals surface area (Å²) >= 11 is 0. The Kier molecular flexibility index (Phi) is 12.3. The lowest BCUT2D eigenvalue weighted by atomic mass is 9.95. The van der Waals surface area contributed by atoms with Crippen LogP contribution in [0.4, 0.5) is 22.4 Å². The van der Waals surface area contributed by atoms with Gasteiger partial charge in [-0.05, 0) is 34.1 Å². The maximum atomic E-state index is 14.5. The lowest BCUT2D eigenvalue weighted by Crippen LogP contribution is -2.47. The lowest BCUT2D eigenvalue weighted by Gasteiger charge is -2.29. The number of benzene rings is 2. The fraction of sp³-hybridized carbons (Fsp3) is 0.436. The molecule has 294 valence electrons. The third-order valence-corrected chi connectivity index (χ3v) is 9.46. The lowest BCUT2D eigenvalue weighted by molar-refractivity contribution is -0.140. The summed E-state index contributed by atoms with van der Waals surface area (Å²) in [5.74, 6) is -8.34. The standard InChI is InChI=1S/C39H46F4N8O4/c1-22(2)28(16-47-37(54)55-6)35(52)50(20-38(5,40)41)19-32-45-17-29(48-32)26-11-7-24(8-12-26)25-9-13-27(14-10-25)30-18-46-34(49-30)31-15-39(42,43)21-51(31)36(53)33(44)23(3)4/h7-14,16-18,22-23,28,31,33H,15,19-21,44H2,1-6H3,(H,45,48)(H,46,49)/b47-16+/t28?,31-,33-/m0/s1. The highest BCUT2D eigenvalue weighted by atomic mass is 19.3. The zero-order valence-electron chi connectivity index (χ0n) is 31.5. The van der Waals surface area contributed by atoms with Gasteiger partial charge in [0.15, 0.2) is 0 Å². The van der Waals surface area contributed by atoms with E-state index in [1.54, 1.807) is 40.1 Å². The third-order valence-electron chi connectivity index (χ3n) is 9.46. The van der Waals surface area contributed by atoms with Gasteiger partial charge in [-0.15, -0.1) is 0 Å². The summed E-state index contributed by atoms with van der Waals surface area (Å²) in [6, 6.07) is 13.3. The average molecular weight is 767 g/mol. The van der Waals surface area contributed by atoms with Crippen LogP contribution in [0, 0.1) is 17.8 Å². The van der Waals surface area contributed by atoms with Gasteiger partial charge in [-0.2, -0.15) is 4.99 Å². The van der Waals surface area contributed by atoms with Gasteiger partial charge in [-0.3, -0.25) is 9.59 Å². The number of nitrogens with zero attached hydrogens (tertiary/aromatic N) is 5. The Morgan fingerprint density at radius 1 is 0.964 bits per heavy atom. The van der Waals surface area contributed by atoms with Gasteiger partial charge in [0.2, 0.25) is 11.8 Å². The van der Waals surface area contributed by atoms with E-state index >= 15 is 0 Å². The molecule has 3 amide bonds. The molecule has 1 aliphatic heterocycles. The number of nitrogens with one attached hydrogen (secondary N) is 2. The van der Waals surface area contributed by atoms with Crippen LogP contribution < -0.4 is 5.73 Å². The topological polar surface area (TPSA) is 163 Å². The fourth-order valence-electron chi connectivity index (χ4n) is 6.35. The number of aromatic nitrogens is 4. The van der Waals surface area contributed by atoms with E-state index in [-0.39, 0.29) is 24.2 Å². The van der Waals surface area contributed by atoms with Crippen LogP contribution in [0.5, 0.6) is 0 Å². The molecular weight excluding hydrogens is 720 g/mol. The first-order chi connectivity index (χ1) is 25.9. The molecule has 2 aromatic heterocycles. The van der Waals surface area contributed by atoms with Crippen LogP contribution in [0.2, 0.25) is 0 Å². The number of alkyl halides is 4. The molecule has 0 spiro atoms. The number of halogens is 4. The summed E-state index contributed by atoms with van der Waals surface area (Å²) in [5.41, 5.74) is 10.6. The molecule has 1 fully saturated rings. The summed E-state index contributed by atoms with van der Waals surface area (Å²) < 4.78 is 61.9. The van der Waals surface area contributed by atoms with E-state index in [2.05, 4.69) is 29.7 Å². The molecule has 12 nitrogen and oxygen atoms in total. The normalized spacial score (nSPS) is 16.9. The smallest absolute Gasteiger partial charge is 0.432 e. The fourth-order valence-corrected chi connectivity index (χ4v) is 6.35. The first-order valence-electron chi connectivity index (χ1n) is 17.9. The van der Waals surface area contributed by atoms with Gasteiger partial charge in [-0.1, -0.05) is 76.2 Å². The number of amides is 3. The number of likely N-dealkylation sites (tertiary alicyclic amines) is 1. The van der Waals surface area contributed by atoms with Crippen molar-refractivity contribution in [1.82, 2.24) is 29.7 Å². The first kappa shape index (κ1) is 40.8. The minimum atomic E-state index is -3.19. The Bertz CT molecular complexity index is 1990. The zero-order valence-corrected chi connectivity index (χ0v) is 31.5. The molecule has 0 radical (unpaired) electrons. The van der Waals surface area contributed by atoms with Crippen LogP contribution in [0.1, 0.15) is 58.7 Å².